The van der Waals surface area contributed by atoms with Gasteiger partial charge in [-0.1, -0.05) is 120 Å². The number of hydrogen-bond acceptors (Lipinski definition) is 10. The number of aliphatic hydroxyl groups is 2. The Hall–Kier alpha value is -8.79. The van der Waals surface area contributed by atoms with Gasteiger partial charge in [-0.15, -0.1) is 22.6 Å². The van der Waals surface area contributed by atoms with Gasteiger partial charge < -0.3 is 19.4 Å². The Kier molecular flexibility index (Phi) is 13.3. The van der Waals surface area contributed by atoms with Crippen molar-refractivity contribution in [1.82, 2.24) is 30.6 Å². The molecule has 12 rings (SSSR count). The van der Waals surface area contributed by atoms with Crippen molar-refractivity contribution in [3.8, 4) is 23.1 Å². The van der Waals surface area contributed by atoms with Crippen LogP contribution in [0.2, 0.25) is 0 Å². The van der Waals surface area contributed by atoms with Crippen LogP contribution in [-0.4, -0.2) is 40.8 Å². The molecule has 0 saturated carbocycles. The predicted octanol–water partition coefficient (Wildman–Crippen LogP) is 15.1. The third-order valence-electron chi connectivity index (χ3n) is 11.5. The van der Waals surface area contributed by atoms with Crippen molar-refractivity contribution < 1.29 is 65.8 Å². The zero-order chi connectivity index (χ0) is 50.3. The van der Waals surface area contributed by atoms with E-state index in [0.717, 1.165) is 59.9 Å². The van der Waals surface area contributed by atoms with Crippen LogP contribution < -0.4 is 4.74 Å². The summed E-state index contributed by atoms with van der Waals surface area (Å²) in [6.45, 7) is 10.8. The molecule has 12 aromatic rings. The molecule has 0 aliphatic rings. The van der Waals surface area contributed by atoms with Crippen molar-refractivity contribution in [1.29, 1.82) is 0 Å². The number of nitrogens with zero attached hydrogens (tertiary/aromatic N) is 6. The van der Waals surface area contributed by atoms with E-state index in [1.54, 1.807) is 36.7 Å². The van der Waals surface area contributed by atoms with Crippen LogP contribution in [-0.2, 0) is 32.5 Å². The van der Waals surface area contributed by atoms with Crippen molar-refractivity contribution in [3.63, 3.8) is 0 Å². The van der Waals surface area contributed by atoms with Gasteiger partial charge in [-0.25, -0.2) is 23.4 Å². The van der Waals surface area contributed by atoms with Crippen molar-refractivity contribution in [2.45, 2.75) is 12.4 Å². The van der Waals surface area contributed by atoms with E-state index in [4.69, 9.17) is 22.3 Å². The summed E-state index contributed by atoms with van der Waals surface area (Å²) in [5, 5.41) is 53.4. The van der Waals surface area contributed by atoms with Crippen molar-refractivity contribution in [2.75, 3.05) is 0 Å². The maximum Gasteiger partial charge on any atom is 3.00 e. The number of aliphatic hydroxyl groups excluding tert-OH is 2. The second-order valence-corrected chi connectivity index (χ2v) is 16.2. The molecule has 8 aromatic carbocycles. The van der Waals surface area contributed by atoms with Crippen LogP contribution >= 0.6 is 0 Å². The minimum atomic E-state index is -5.25. The predicted molar refractivity (Wildman–Crippen MR) is 262 cm³/mol. The number of halogens is 6. The number of rotatable bonds is 5. The van der Waals surface area contributed by atoms with Crippen LogP contribution in [0.15, 0.2) is 168 Å². The van der Waals surface area contributed by atoms with Gasteiger partial charge in [-0.2, -0.15) is 41.6 Å². The van der Waals surface area contributed by atoms with Gasteiger partial charge in [-0.3, -0.25) is 0 Å². The topological polar surface area (TPSA) is 140 Å². The Morgan fingerprint density at radius 3 is 1.42 bits per heavy atom. The second kappa shape index (κ2) is 19.8. The maximum atomic E-state index is 13.5. The van der Waals surface area contributed by atoms with E-state index in [1.165, 1.54) is 0 Å². The summed E-state index contributed by atoms with van der Waals surface area (Å²) in [4.78, 5) is 0. The average Bonchev–Trinajstić information content (AvgIpc) is 3.80. The van der Waals surface area contributed by atoms with E-state index in [0.29, 0.717) is 56.7 Å². The van der Waals surface area contributed by atoms with E-state index in [2.05, 4.69) is 36.7 Å². The van der Waals surface area contributed by atoms with Crippen LogP contribution in [0.1, 0.15) is 22.5 Å². The molecule has 0 bridgehead atoms. The normalized spacial score (nSPS) is 11.5. The fraction of sp³-hybridized carbons (Fsp3) is 0.0357. The first-order valence-electron chi connectivity index (χ1n) is 21.6. The van der Waals surface area contributed by atoms with Gasteiger partial charge >= 0.3 is 32.5 Å². The number of aromatic nitrogens is 6. The Labute approximate surface area is 422 Å². The molecule has 0 atom stereocenters. The molecule has 0 spiro atoms. The van der Waals surface area contributed by atoms with Crippen molar-refractivity contribution >= 4 is 87.1 Å². The summed E-state index contributed by atoms with van der Waals surface area (Å²) in [5.74, 6) is -0.980. The van der Waals surface area contributed by atoms with Gasteiger partial charge in [-0.05, 0) is 108 Å². The Morgan fingerprint density at radius 2 is 0.945 bits per heavy atom. The van der Waals surface area contributed by atoms with Gasteiger partial charge in [0.25, 0.3) is 0 Å². The molecule has 0 aliphatic carbocycles. The molecule has 360 valence electrons. The summed E-state index contributed by atoms with van der Waals surface area (Å²) < 4.78 is 91.5. The van der Waals surface area contributed by atoms with E-state index < -0.39 is 29.2 Å². The molecule has 10 nitrogen and oxygen atoms in total. The molecule has 0 amide bonds. The molecular formula is C56H31F6IrN6O4. The van der Waals surface area contributed by atoms with Crippen LogP contribution in [0.25, 0.3) is 98.6 Å². The number of alkyl halides is 6. The maximum absolute atomic E-state index is 13.5. The van der Waals surface area contributed by atoms with Crippen molar-refractivity contribution in [3.05, 3.63) is 206 Å². The number of para-hydroxylation sites is 1. The summed E-state index contributed by atoms with van der Waals surface area (Å²) >= 11 is 0. The number of ether oxygens (including phenoxy) is 1. The number of furan rings is 1. The minimum Gasteiger partial charge on any atom is -0.544 e. The van der Waals surface area contributed by atoms with E-state index in [9.17, 15) is 36.6 Å². The molecule has 2 N–H and O–H groups in total. The Morgan fingerprint density at radius 1 is 0.493 bits per heavy atom. The number of hydrogen-bond donors (Lipinski definition) is 2. The van der Waals surface area contributed by atoms with Gasteiger partial charge in [0.2, 0.25) is 5.88 Å². The summed E-state index contributed by atoms with van der Waals surface area (Å²) in [7, 11) is 0. The van der Waals surface area contributed by atoms with Crippen LogP contribution in [0.5, 0.6) is 11.6 Å². The molecule has 4 aromatic heterocycles. The van der Waals surface area contributed by atoms with Crippen LogP contribution in [0, 0.1) is 19.2 Å². The molecule has 17 heteroatoms. The van der Waals surface area contributed by atoms with E-state index in [1.807, 2.05) is 109 Å². The van der Waals surface area contributed by atoms with Crippen LogP contribution in [0.4, 0.5) is 26.3 Å². The molecule has 4 heterocycles. The molecule has 0 radical (unpaired) electrons. The zero-order valence-corrected chi connectivity index (χ0v) is 39.6. The minimum absolute atomic E-state index is 0. The second-order valence-electron chi connectivity index (χ2n) is 16.2. The largest absolute Gasteiger partial charge is 3.00 e. The first kappa shape index (κ1) is 49.2. The van der Waals surface area contributed by atoms with Gasteiger partial charge in [0.15, 0.2) is 0 Å². The summed E-state index contributed by atoms with van der Waals surface area (Å²) in [6, 6.07) is 46.5. The summed E-state index contributed by atoms with van der Waals surface area (Å²) in [5.41, 5.74) is -2.13. The number of benzene rings is 8. The third-order valence-corrected chi connectivity index (χ3v) is 11.5. The Bertz CT molecular complexity index is 3950. The fourth-order valence-electron chi connectivity index (χ4n) is 8.19. The fourth-order valence-corrected chi connectivity index (χ4v) is 8.19. The number of fused-ring (bicyclic) bond motifs is 7. The smallest absolute Gasteiger partial charge is 0.544 e. The quantitative estimate of drug-likeness (QED) is 0.0741. The van der Waals surface area contributed by atoms with Gasteiger partial charge in [0.1, 0.15) is 5.75 Å². The zero-order valence-electron chi connectivity index (χ0n) is 37.2. The van der Waals surface area contributed by atoms with Crippen LogP contribution in [0.3, 0.4) is 0 Å². The molecule has 73 heavy (non-hydrogen) atoms. The standard InChI is InChI=1S/C28H13F6N2O2.2C14H9N2O.Ir/c29-27(30,31)21-10-9-18(14-22(21)28(32,33)34)37-26-20-12-16-6-2-1-5-15(16)11-19(20)25(35-36-26)24-13-17-7-3-4-8-23(17)38-24;2*1-9(17)14-13-7-11-5-3-2-4-10(11)6-12(13)8-15-16-14;/h1-12,14H;2*1-8,17H;/q3*-1;+3. The monoisotopic (exact) mass is 1160 g/mol. The molecule has 0 saturated heterocycles. The molecule has 0 unspecified atom stereocenters. The first-order chi connectivity index (χ1) is 34.6. The van der Waals surface area contributed by atoms with Crippen molar-refractivity contribution in [2.24, 2.45) is 0 Å². The Balaban J connectivity index is 0.000000154. The first-order valence-corrected chi connectivity index (χ1v) is 21.6. The summed E-state index contributed by atoms with van der Waals surface area (Å²) in [6.07, 6.45) is -7.13. The van der Waals surface area contributed by atoms with E-state index >= 15 is 0 Å². The molecule has 0 fully saturated rings. The third kappa shape index (κ3) is 10.1. The van der Waals surface area contributed by atoms with E-state index in [-0.39, 0.29) is 37.5 Å². The van der Waals surface area contributed by atoms with Gasteiger partial charge in [0, 0.05) is 11.0 Å². The van der Waals surface area contributed by atoms with Gasteiger partial charge in [0.05, 0.1) is 35.0 Å². The molecule has 0 aliphatic heterocycles. The SMILES string of the molecule is FC(F)(F)c1ccc(Oc2nnc(-c3[c-]c4ccccc4o3)c3cc4ccccc4cc23)cc1C(F)(F)F.[CH-]=C(O)c1nncc2cc3ccccc3cc12.[CH-]=C(O)c1nncc2cc3ccccc3cc12.[Ir+3]. The molecular weight excluding hydrogens is 1130 g/mol. The average molecular weight is 1160 g/mol.